The van der Waals surface area contributed by atoms with Crippen LogP contribution in [0.4, 0.5) is 18.9 Å². The number of alkyl halides is 3. The number of carbonyl (C=O) groups is 1. The maximum atomic E-state index is 13.0. The minimum Gasteiger partial charge on any atom is -0.311 e. The van der Waals surface area contributed by atoms with E-state index in [9.17, 15) is 18.0 Å². The number of benzene rings is 1. The van der Waals surface area contributed by atoms with E-state index in [1.54, 1.807) is 0 Å². The van der Waals surface area contributed by atoms with E-state index in [2.05, 4.69) is 5.92 Å². The number of terminal acetylenes is 1. The first-order valence-electron chi connectivity index (χ1n) is 5.46. The highest BCUT2D eigenvalue weighted by Gasteiger charge is 2.38. The Morgan fingerprint density at radius 1 is 1.42 bits per heavy atom. The molecule has 1 amide bonds. The number of hydrogen-bond acceptors (Lipinski definition) is 1. The maximum absolute atomic E-state index is 13.0. The monoisotopic (exact) mass is 287 g/mol. The smallest absolute Gasteiger partial charge is 0.311 e. The van der Waals surface area contributed by atoms with Crippen molar-refractivity contribution in [1.82, 2.24) is 0 Å². The van der Waals surface area contributed by atoms with Gasteiger partial charge in [0.05, 0.1) is 11.3 Å². The zero-order valence-corrected chi connectivity index (χ0v) is 10.4. The molecule has 2 nitrogen and oxygen atoms in total. The van der Waals surface area contributed by atoms with Crippen LogP contribution in [0.2, 0.25) is 5.02 Å². The standard InChI is InChI=1S/C13H9ClF3NO/c1-2-8-5-12(19)18(7-8)11-4-3-9(14)6-10(11)13(15,16)17/h1,3-4,6,8H,5,7H2. The van der Waals surface area contributed by atoms with Crippen LogP contribution in [0, 0.1) is 18.3 Å². The van der Waals surface area contributed by atoms with Gasteiger partial charge in [0.1, 0.15) is 0 Å². The number of amides is 1. The Labute approximate surface area is 113 Å². The first kappa shape index (κ1) is 13.8. The van der Waals surface area contributed by atoms with Gasteiger partial charge in [-0.1, -0.05) is 11.6 Å². The Hall–Kier alpha value is -1.67. The largest absolute Gasteiger partial charge is 0.418 e. The van der Waals surface area contributed by atoms with Gasteiger partial charge >= 0.3 is 6.18 Å². The minimum atomic E-state index is -4.57. The van der Waals surface area contributed by atoms with Crippen LogP contribution in [0.5, 0.6) is 0 Å². The summed E-state index contributed by atoms with van der Waals surface area (Å²) in [5.41, 5.74) is -1.12. The van der Waals surface area contributed by atoms with Crippen LogP contribution in [-0.2, 0) is 11.0 Å². The van der Waals surface area contributed by atoms with Gasteiger partial charge in [0.15, 0.2) is 0 Å². The van der Waals surface area contributed by atoms with E-state index in [0.29, 0.717) is 0 Å². The summed E-state index contributed by atoms with van der Waals surface area (Å²) in [7, 11) is 0. The summed E-state index contributed by atoms with van der Waals surface area (Å²) in [6.07, 6.45) is 0.703. The van der Waals surface area contributed by atoms with Gasteiger partial charge in [0.25, 0.3) is 0 Å². The van der Waals surface area contributed by atoms with Crippen LogP contribution in [-0.4, -0.2) is 12.5 Å². The molecule has 0 N–H and O–H groups in total. The van der Waals surface area contributed by atoms with Crippen molar-refractivity contribution in [3.05, 3.63) is 28.8 Å². The van der Waals surface area contributed by atoms with Crippen molar-refractivity contribution in [3.63, 3.8) is 0 Å². The average Bonchev–Trinajstić information content (AvgIpc) is 2.69. The minimum absolute atomic E-state index is 0.0313. The fourth-order valence-electron chi connectivity index (χ4n) is 2.02. The molecule has 1 unspecified atom stereocenters. The number of rotatable bonds is 1. The Balaban J connectivity index is 2.46. The number of nitrogens with zero attached hydrogens (tertiary/aromatic N) is 1. The molecule has 1 saturated heterocycles. The fourth-order valence-corrected chi connectivity index (χ4v) is 2.19. The number of carbonyl (C=O) groups excluding carboxylic acids is 1. The van der Waals surface area contributed by atoms with Crippen molar-refractivity contribution in [2.24, 2.45) is 5.92 Å². The van der Waals surface area contributed by atoms with E-state index in [4.69, 9.17) is 18.0 Å². The summed E-state index contributed by atoms with van der Waals surface area (Å²) >= 11 is 5.59. The van der Waals surface area contributed by atoms with Crippen molar-refractivity contribution in [3.8, 4) is 12.3 Å². The third kappa shape index (κ3) is 2.69. The van der Waals surface area contributed by atoms with Crippen molar-refractivity contribution >= 4 is 23.2 Å². The van der Waals surface area contributed by atoms with E-state index < -0.39 is 17.6 Å². The summed E-state index contributed by atoms with van der Waals surface area (Å²) < 4.78 is 38.9. The molecule has 1 atom stereocenters. The summed E-state index contributed by atoms with van der Waals surface area (Å²) in [6.45, 7) is 0.0973. The van der Waals surface area contributed by atoms with Gasteiger partial charge in [-0.25, -0.2) is 0 Å². The SMILES string of the molecule is C#CC1CC(=O)N(c2ccc(Cl)cc2C(F)(F)F)C1. The molecule has 1 heterocycles. The predicted molar refractivity (Wildman–Crippen MR) is 65.7 cm³/mol. The highest BCUT2D eigenvalue weighted by molar-refractivity contribution is 6.30. The molecule has 0 aliphatic carbocycles. The first-order chi connectivity index (χ1) is 8.82. The van der Waals surface area contributed by atoms with Gasteiger partial charge in [-0.3, -0.25) is 4.79 Å². The van der Waals surface area contributed by atoms with E-state index in [1.807, 2.05) is 0 Å². The lowest BCUT2D eigenvalue weighted by Crippen LogP contribution is -2.27. The first-order valence-corrected chi connectivity index (χ1v) is 5.84. The highest BCUT2D eigenvalue weighted by Crippen LogP contribution is 2.39. The molecular weight excluding hydrogens is 279 g/mol. The normalized spacial score (nSPS) is 19.6. The summed E-state index contributed by atoms with van der Waals surface area (Å²) in [5, 5.41) is -0.0313. The molecule has 1 aromatic rings. The Morgan fingerprint density at radius 3 is 2.63 bits per heavy atom. The summed E-state index contributed by atoms with van der Waals surface area (Å²) in [5.74, 6) is 1.63. The van der Waals surface area contributed by atoms with Gasteiger partial charge in [0, 0.05) is 23.9 Å². The van der Waals surface area contributed by atoms with E-state index in [1.165, 1.54) is 12.1 Å². The second-order valence-corrected chi connectivity index (χ2v) is 4.67. The van der Waals surface area contributed by atoms with E-state index >= 15 is 0 Å². The molecule has 0 aromatic heterocycles. The van der Waals surface area contributed by atoms with Crippen LogP contribution in [0.3, 0.4) is 0 Å². The molecule has 100 valence electrons. The summed E-state index contributed by atoms with van der Waals surface area (Å²) in [4.78, 5) is 12.8. The third-order valence-corrected chi connectivity index (χ3v) is 3.15. The Kier molecular flexibility index (Phi) is 3.46. The zero-order chi connectivity index (χ0) is 14.2. The molecule has 0 spiro atoms. The zero-order valence-electron chi connectivity index (χ0n) is 9.67. The van der Waals surface area contributed by atoms with Crippen LogP contribution in [0.25, 0.3) is 0 Å². The van der Waals surface area contributed by atoms with Crippen molar-refractivity contribution in [2.75, 3.05) is 11.4 Å². The molecule has 1 fully saturated rings. The molecule has 0 saturated carbocycles. The van der Waals surface area contributed by atoms with Crippen LogP contribution >= 0.6 is 11.6 Å². The molecule has 1 aliphatic heterocycles. The quantitative estimate of drug-likeness (QED) is 0.726. The third-order valence-electron chi connectivity index (χ3n) is 2.92. The maximum Gasteiger partial charge on any atom is 0.418 e. The van der Waals surface area contributed by atoms with Gasteiger partial charge in [-0.15, -0.1) is 12.3 Å². The lowest BCUT2D eigenvalue weighted by molar-refractivity contribution is -0.137. The Bertz CT molecular complexity index is 562. The van der Waals surface area contributed by atoms with Crippen molar-refractivity contribution in [1.29, 1.82) is 0 Å². The molecule has 2 rings (SSSR count). The number of anilines is 1. The molecule has 6 heteroatoms. The van der Waals surface area contributed by atoms with Crippen molar-refractivity contribution < 1.29 is 18.0 Å². The highest BCUT2D eigenvalue weighted by atomic mass is 35.5. The molecule has 0 bridgehead atoms. The molecule has 1 aromatic carbocycles. The molecule has 1 aliphatic rings. The summed E-state index contributed by atoms with van der Waals surface area (Å²) in [6, 6.07) is 3.33. The van der Waals surface area contributed by atoms with Gasteiger partial charge in [-0.2, -0.15) is 13.2 Å². The second-order valence-electron chi connectivity index (χ2n) is 4.23. The van der Waals surface area contributed by atoms with Crippen LogP contribution in [0.1, 0.15) is 12.0 Å². The molecule has 0 radical (unpaired) electrons. The lowest BCUT2D eigenvalue weighted by atomic mass is 10.1. The Morgan fingerprint density at radius 2 is 2.11 bits per heavy atom. The van der Waals surface area contributed by atoms with Gasteiger partial charge in [0.2, 0.25) is 5.91 Å². The second kappa shape index (κ2) is 4.78. The fraction of sp³-hybridized carbons (Fsp3) is 0.308. The predicted octanol–water partition coefficient (Wildman–Crippen LogP) is 3.34. The molecular formula is C13H9ClF3NO. The topological polar surface area (TPSA) is 20.3 Å². The van der Waals surface area contributed by atoms with E-state index in [0.717, 1.165) is 11.0 Å². The van der Waals surface area contributed by atoms with Crippen LogP contribution < -0.4 is 4.90 Å². The number of hydrogen-bond donors (Lipinski definition) is 0. The van der Waals surface area contributed by atoms with Crippen molar-refractivity contribution in [2.45, 2.75) is 12.6 Å². The number of halogens is 4. The average molecular weight is 288 g/mol. The molecule has 19 heavy (non-hydrogen) atoms. The van der Waals surface area contributed by atoms with Gasteiger partial charge < -0.3 is 4.90 Å². The lowest BCUT2D eigenvalue weighted by Gasteiger charge is -2.21. The van der Waals surface area contributed by atoms with Crippen LogP contribution in [0.15, 0.2) is 18.2 Å². The van der Waals surface area contributed by atoms with Gasteiger partial charge in [-0.05, 0) is 18.2 Å². The van der Waals surface area contributed by atoms with E-state index in [-0.39, 0.29) is 29.6 Å².